The summed E-state index contributed by atoms with van der Waals surface area (Å²) in [5.41, 5.74) is 2.16. The highest BCUT2D eigenvalue weighted by Crippen LogP contribution is 2.63. The van der Waals surface area contributed by atoms with Gasteiger partial charge in [-0.05, 0) is 47.5 Å². The van der Waals surface area contributed by atoms with E-state index in [4.69, 9.17) is 0 Å². The summed E-state index contributed by atoms with van der Waals surface area (Å²) in [7, 11) is 0. The first kappa shape index (κ1) is 13.2. The molecule has 0 heterocycles. The van der Waals surface area contributed by atoms with Gasteiger partial charge in [-0.25, -0.2) is 0 Å². The fourth-order valence-corrected chi connectivity index (χ4v) is 5.17. The first-order chi connectivity index (χ1) is 10.0. The van der Waals surface area contributed by atoms with Crippen molar-refractivity contribution in [3.8, 4) is 0 Å². The van der Waals surface area contributed by atoms with Gasteiger partial charge in [0.25, 0.3) is 0 Å². The molecule has 0 saturated heterocycles. The van der Waals surface area contributed by atoms with Gasteiger partial charge in [-0.2, -0.15) is 0 Å². The van der Waals surface area contributed by atoms with Crippen LogP contribution in [0.3, 0.4) is 0 Å². The van der Waals surface area contributed by atoms with Crippen molar-refractivity contribution in [3.05, 3.63) is 42.5 Å². The third-order valence-corrected chi connectivity index (χ3v) is 6.36. The molecule has 21 heavy (non-hydrogen) atoms. The largest absolute Gasteiger partial charge is 0.381 e. The molecular weight excluding hydrogens is 254 g/mol. The standard InChI is InChI=1S/C20H25N/c1-19(2)15-11-12-20(3,13-15)18(19)21-17-10-6-8-14-7-4-5-9-16(14)17/h4-10,15,18,21H,11-13H2,1-3H3/t15-,18?,20+/m0/s1. The van der Waals surface area contributed by atoms with Crippen LogP contribution < -0.4 is 5.32 Å². The van der Waals surface area contributed by atoms with Gasteiger partial charge in [0.2, 0.25) is 0 Å². The Morgan fingerprint density at radius 3 is 2.52 bits per heavy atom. The van der Waals surface area contributed by atoms with E-state index in [0.717, 1.165) is 5.92 Å². The van der Waals surface area contributed by atoms with Gasteiger partial charge in [-0.1, -0.05) is 57.2 Å². The van der Waals surface area contributed by atoms with Crippen LogP contribution in [0.5, 0.6) is 0 Å². The van der Waals surface area contributed by atoms with Gasteiger partial charge in [-0.15, -0.1) is 0 Å². The van der Waals surface area contributed by atoms with Gasteiger partial charge in [0.15, 0.2) is 0 Å². The second kappa shape index (κ2) is 4.25. The summed E-state index contributed by atoms with van der Waals surface area (Å²) in [6.45, 7) is 7.42. The number of anilines is 1. The highest BCUT2D eigenvalue weighted by molar-refractivity contribution is 5.93. The Labute approximate surface area is 127 Å². The summed E-state index contributed by atoms with van der Waals surface area (Å²) >= 11 is 0. The molecule has 0 radical (unpaired) electrons. The second-order valence-corrected chi connectivity index (χ2v) is 8.02. The summed E-state index contributed by atoms with van der Waals surface area (Å²) in [4.78, 5) is 0. The summed E-state index contributed by atoms with van der Waals surface area (Å²) in [6, 6.07) is 15.9. The van der Waals surface area contributed by atoms with Gasteiger partial charge in [0.1, 0.15) is 0 Å². The highest BCUT2D eigenvalue weighted by atomic mass is 15.0. The van der Waals surface area contributed by atoms with Crippen LogP contribution in [0.2, 0.25) is 0 Å². The quantitative estimate of drug-likeness (QED) is 0.769. The van der Waals surface area contributed by atoms with E-state index in [0.29, 0.717) is 16.9 Å². The smallest absolute Gasteiger partial charge is 0.0422 e. The first-order valence-corrected chi connectivity index (χ1v) is 8.25. The minimum Gasteiger partial charge on any atom is -0.381 e. The van der Waals surface area contributed by atoms with Crippen molar-refractivity contribution in [1.82, 2.24) is 0 Å². The normalized spacial score (nSPS) is 33.5. The Morgan fingerprint density at radius 2 is 1.76 bits per heavy atom. The Bertz CT molecular complexity index is 677. The Kier molecular flexibility index (Phi) is 2.67. The maximum absolute atomic E-state index is 3.95. The minimum absolute atomic E-state index is 0.393. The molecular formula is C20H25N. The monoisotopic (exact) mass is 279 g/mol. The lowest BCUT2D eigenvalue weighted by Crippen LogP contribution is -2.45. The number of fused-ring (bicyclic) bond motifs is 3. The van der Waals surface area contributed by atoms with Gasteiger partial charge < -0.3 is 5.32 Å². The fraction of sp³-hybridized carbons (Fsp3) is 0.500. The van der Waals surface area contributed by atoms with Gasteiger partial charge in [-0.3, -0.25) is 0 Å². The zero-order valence-corrected chi connectivity index (χ0v) is 13.3. The fourth-order valence-electron chi connectivity index (χ4n) is 5.17. The minimum atomic E-state index is 0.393. The van der Waals surface area contributed by atoms with E-state index >= 15 is 0 Å². The SMILES string of the molecule is CC1(C)C(Nc2cccc3ccccc23)[C@]2(C)CC[C@H]1C2. The van der Waals surface area contributed by atoms with E-state index in [9.17, 15) is 0 Å². The Balaban J connectivity index is 1.75. The second-order valence-electron chi connectivity index (χ2n) is 8.02. The molecule has 2 bridgehead atoms. The molecule has 2 saturated carbocycles. The number of hydrogen-bond acceptors (Lipinski definition) is 1. The molecule has 1 nitrogen and oxygen atoms in total. The van der Waals surface area contributed by atoms with Crippen molar-refractivity contribution in [2.24, 2.45) is 16.7 Å². The van der Waals surface area contributed by atoms with Crippen LogP contribution in [0.4, 0.5) is 5.69 Å². The molecule has 0 aliphatic heterocycles. The lowest BCUT2D eigenvalue weighted by molar-refractivity contribution is 0.155. The van der Waals surface area contributed by atoms with Crippen molar-refractivity contribution < 1.29 is 0 Å². The summed E-state index contributed by atoms with van der Waals surface area (Å²) in [5.74, 6) is 0.884. The van der Waals surface area contributed by atoms with Crippen molar-refractivity contribution in [1.29, 1.82) is 0 Å². The number of nitrogens with one attached hydrogen (secondary N) is 1. The van der Waals surface area contributed by atoms with E-state index in [1.807, 2.05) is 0 Å². The summed E-state index contributed by atoms with van der Waals surface area (Å²) < 4.78 is 0. The predicted octanol–water partition coefficient (Wildman–Crippen LogP) is 5.47. The van der Waals surface area contributed by atoms with E-state index in [1.165, 1.54) is 35.7 Å². The Hall–Kier alpha value is -1.50. The third-order valence-electron chi connectivity index (χ3n) is 6.36. The summed E-state index contributed by atoms with van der Waals surface area (Å²) in [5, 5.41) is 6.62. The first-order valence-electron chi connectivity index (χ1n) is 8.25. The topological polar surface area (TPSA) is 12.0 Å². The maximum atomic E-state index is 3.95. The van der Waals surface area contributed by atoms with Crippen LogP contribution in [-0.4, -0.2) is 6.04 Å². The molecule has 0 aromatic heterocycles. The van der Waals surface area contributed by atoms with Gasteiger partial charge >= 0.3 is 0 Å². The number of hydrogen-bond donors (Lipinski definition) is 1. The van der Waals surface area contributed by atoms with E-state index in [-0.39, 0.29) is 0 Å². The van der Waals surface area contributed by atoms with Crippen LogP contribution in [0.15, 0.2) is 42.5 Å². The molecule has 0 spiro atoms. The van der Waals surface area contributed by atoms with Gasteiger partial charge in [0, 0.05) is 17.1 Å². The molecule has 110 valence electrons. The summed E-state index contributed by atoms with van der Waals surface area (Å²) in [6.07, 6.45) is 4.18. The maximum Gasteiger partial charge on any atom is 0.0422 e. The molecule has 2 aliphatic carbocycles. The van der Waals surface area contributed by atoms with Crippen LogP contribution in [-0.2, 0) is 0 Å². The average molecular weight is 279 g/mol. The van der Waals surface area contributed by atoms with Crippen molar-refractivity contribution in [2.75, 3.05) is 5.32 Å². The van der Waals surface area contributed by atoms with E-state index in [1.54, 1.807) is 0 Å². The molecule has 2 aromatic carbocycles. The van der Waals surface area contributed by atoms with Crippen molar-refractivity contribution in [2.45, 2.75) is 46.1 Å². The molecule has 0 amide bonds. The predicted molar refractivity (Wildman–Crippen MR) is 90.6 cm³/mol. The molecule has 2 aliphatic rings. The van der Waals surface area contributed by atoms with Crippen LogP contribution in [0.25, 0.3) is 10.8 Å². The van der Waals surface area contributed by atoms with Gasteiger partial charge in [0.05, 0.1) is 0 Å². The zero-order chi connectivity index (χ0) is 14.7. The Morgan fingerprint density at radius 1 is 1.00 bits per heavy atom. The number of benzene rings is 2. The molecule has 1 unspecified atom stereocenters. The molecule has 4 rings (SSSR count). The molecule has 1 heteroatoms. The van der Waals surface area contributed by atoms with E-state index in [2.05, 4.69) is 68.6 Å². The van der Waals surface area contributed by atoms with E-state index < -0.39 is 0 Å². The lowest BCUT2D eigenvalue weighted by Gasteiger charge is -2.43. The lowest BCUT2D eigenvalue weighted by atomic mass is 9.68. The molecule has 2 fully saturated rings. The zero-order valence-electron chi connectivity index (χ0n) is 13.3. The highest BCUT2D eigenvalue weighted by Gasteiger charge is 2.59. The van der Waals surface area contributed by atoms with Crippen LogP contribution in [0, 0.1) is 16.7 Å². The molecule has 2 aromatic rings. The van der Waals surface area contributed by atoms with Crippen molar-refractivity contribution in [3.63, 3.8) is 0 Å². The molecule has 1 N–H and O–H groups in total. The third kappa shape index (κ3) is 1.83. The number of rotatable bonds is 2. The van der Waals surface area contributed by atoms with Crippen LogP contribution in [0.1, 0.15) is 40.0 Å². The van der Waals surface area contributed by atoms with Crippen LogP contribution >= 0.6 is 0 Å². The van der Waals surface area contributed by atoms with Crippen molar-refractivity contribution >= 4 is 16.5 Å². The molecule has 3 atom stereocenters. The average Bonchev–Trinajstić information content (AvgIpc) is 2.95.